The first-order chi connectivity index (χ1) is 6.00. The van der Waals surface area contributed by atoms with E-state index in [0.29, 0.717) is 0 Å². The molecule has 0 aliphatic heterocycles. The van der Waals surface area contributed by atoms with Gasteiger partial charge in [0, 0.05) is 0 Å². The highest BCUT2D eigenvalue weighted by molar-refractivity contribution is 4.99. The van der Waals surface area contributed by atoms with Crippen LogP contribution in [0.2, 0.25) is 0 Å². The summed E-state index contributed by atoms with van der Waals surface area (Å²) in [4.78, 5) is 0. The van der Waals surface area contributed by atoms with E-state index in [9.17, 15) is 0 Å². The molecule has 0 unspecified atom stereocenters. The van der Waals surface area contributed by atoms with Crippen LogP contribution in [0.5, 0.6) is 0 Å². The first-order valence-electron chi connectivity index (χ1n) is 4.87. The minimum Gasteiger partial charge on any atom is -0.0885 e. The van der Waals surface area contributed by atoms with Gasteiger partial charge in [-0.2, -0.15) is 0 Å². The van der Waals surface area contributed by atoms with Crippen LogP contribution in [0.4, 0.5) is 0 Å². The Balaban J connectivity index is 2.30. The van der Waals surface area contributed by atoms with Crippen molar-refractivity contribution in [3.05, 3.63) is 36.5 Å². The van der Waals surface area contributed by atoms with Crippen LogP contribution < -0.4 is 0 Å². The lowest BCUT2D eigenvalue weighted by atomic mass is 10.1. The van der Waals surface area contributed by atoms with Gasteiger partial charge in [-0.3, -0.25) is 0 Å². The monoisotopic (exact) mass is 161 g/mol. The maximum absolute atomic E-state index is 3.26. The van der Waals surface area contributed by atoms with Gasteiger partial charge in [0.15, 0.2) is 0 Å². The van der Waals surface area contributed by atoms with Crippen molar-refractivity contribution in [2.24, 2.45) is 0 Å². The summed E-state index contributed by atoms with van der Waals surface area (Å²) < 4.78 is 0. The average molecular weight is 161 g/mol. The maximum atomic E-state index is 3.26. The van der Waals surface area contributed by atoms with E-state index in [-0.39, 0.29) is 0 Å². The minimum atomic E-state index is 1.09. The normalized spacial score (nSPS) is 28.0. The van der Waals surface area contributed by atoms with Crippen LogP contribution in [0, 0.1) is 6.08 Å². The molecule has 0 saturated heterocycles. The Morgan fingerprint density at radius 3 is 2.50 bits per heavy atom. The molecule has 0 aromatic carbocycles. The van der Waals surface area contributed by atoms with Crippen LogP contribution in [0.15, 0.2) is 30.4 Å². The van der Waals surface area contributed by atoms with Crippen molar-refractivity contribution in [2.75, 3.05) is 0 Å². The second-order valence-electron chi connectivity index (χ2n) is 3.09. The fourth-order valence-electron chi connectivity index (χ4n) is 1.23. The van der Waals surface area contributed by atoms with Crippen LogP contribution in [0.3, 0.4) is 0 Å². The van der Waals surface area contributed by atoms with Gasteiger partial charge in [0.25, 0.3) is 0 Å². The first-order valence-corrected chi connectivity index (χ1v) is 4.87. The molecular weight excluding hydrogens is 144 g/mol. The molecule has 0 amide bonds. The summed E-state index contributed by atoms with van der Waals surface area (Å²) in [5.41, 5.74) is 0. The van der Waals surface area contributed by atoms with Crippen LogP contribution >= 0.6 is 0 Å². The molecule has 0 N–H and O–H groups in total. The van der Waals surface area contributed by atoms with Gasteiger partial charge in [-0.25, -0.2) is 0 Å². The van der Waals surface area contributed by atoms with Crippen molar-refractivity contribution in [3.8, 4) is 0 Å². The highest BCUT2D eigenvalue weighted by Crippen LogP contribution is 2.03. The third-order valence-electron chi connectivity index (χ3n) is 1.95. The second-order valence-corrected chi connectivity index (χ2v) is 3.09. The van der Waals surface area contributed by atoms with Crippen molar-refractivity contribution in [1.82, 2.24) is 0 Å². The zero-order valence-electron chi connectivity index (χ0n) is 7.63. The number of allylic oxidation sites excluding steroid dienone is 6. The van der Waals surface area contributed by atoms with Gasteiger partial charge in [-0.1, -0.05) is 30.4 Å². The van der Waals surface area contributed by atoms with E-state index in [4.69, 9.17) is 0 Å². The van der Waals surface area contributed by atoms with Gasteiger partial charge in [0.1, 0.15) is 0 Å². The van der Waals surface area contributed by atoms with Gasteiger partial charge in [0.2, 0.25) is 0 Å². The Kier molecular flexibility index (Phi) is 5.35. The predicted octanol–water partition coefficient (Wildman–Crippen LogP) is 3.81. The van der Waals surface area contributed by atoms with E-state index < -0.39 is 0 Å². The SMILES string of the molecule is [C]1=C/C=C\CCC/C=C\CCC/1. The van der Waals surface area contributed by atoms with Gasteiger partial charge in [0.05, 0.1) is 0 Å². The largest absolute Gasteiger partial charge is 0.0885 e. The molecule has 12 heavy (non-hydrogen) atoms. The molecule has 0 fully saturated rings. The fourth-order valence-corrected chi connectivity index (χ4v) is 1.23. The molecule has 1 aliphatic carbocycles. The average Bonchev–Trinajstić information content (AvgIpc) is 2.05. The third-order valence-corrected chi connectivity index (χ3v) is 1.95. The van der Waals surface area contributed by atoms with Crippen LogP contribution in [0.1, 0.15) is 38.5 Å². The molecule has 1 rings (SSSR count). The molecule has 1 aliphatic rings. The molecule has 65 valence electrons. The summed E-state index contributed by atoms with van der Waals surface area (Å²) in [6, 6.07) is 0. The minimum absolute atomic E-state index is 1.09. The Labute approximate surface area is 75.7 Å². The van der Waals surface area contributed by atoms with Crippen LogP contribution in [0.25, 0.3) is 0 Å². The van der Waals surface area contributed by atoms with Crippen molar-refractivity contribution in [3.63, 3.8) is 0 Å². The lowest BCUT2D eigenvalue weighted by Crippen LogP contribution is -1.73. The van der Waals surface area contributed by atoms with Gasteiger partial charge in [-0.15, -0.1) is 0 Å². The maximum Gasteiger partial charge on any atom is -0.0273 e. The molecular formula is C12H17. The van der Waals surface area contributed by atoms with E-state index in [0.717, 1.165) is 6.42 Å². The van der Waals surface area contributed by atoms with E-state index in [1.807, 2.05) is 6.08 Å². The molecule has 0 spiro atoms. The first kappa shape index (κ1) is 9.31. The van der Waals surface area contributed by atoms with Crippen molar-refractivity contribution in [1.29, 1.82) is 0 Å². The van der Waals surface area contributed by atoms with E-state index in [1.165, 1.54) is 32.1 Å². The predicted molar refractivity (Wildman–Crippen MR) is 53.8 cm³/mol. The summed E-state index contributed by atoms with van der Waals surface area (Å²) in [5, 5.41) is 0. The quantitative estimate of drug-likeness (QED) is 0.474. The van der Waals surface area contributed by atoms with E-state index >= 15 is 0 Å². The van der Waals surface area contributed by atoms with Gasteiger partial charge >= 0.3 is 0 Å². The Bertz CT molecular complexity index is 152. The third kappa shape index (κ3) is 4.95. The second kappa shape index (κ2) is 6.90. The number of rotatable bonds is 0. The van der Waals surface area contributed by atoms with Gasteiger partial charge < -0.3 is 0 Å². The summed E-state index contributed by atoms with van der Waals surface area (Å²) in [6.45, 7) is 0. The molecule has 0 saturated carbocycles. The number of hydrogen-bond acceptors (Lipinski definition) is 0. The molecule has 0 aromatic rings. The van der Waals surface area contributed by atoms with E-state index in [2.05, 4.69) is 30.4 Å². The molecule has 0 nitrogen and oxygen atoms in total. The highest BCUT2D eigenvalue weighted by atomic mass is 13.9. The van der Waals surface area contributed by atoms with Crippen LogP contribution in [-0.2, 0) is 0 Å². The number of hydrogen-bond donors (Lipinski definition) is 0. The van der Waals surface area contributed by atoms with Gasteiger partial charge in [-0.05, 0) is 44.6 Å². The highest BCUT2D eigenvalue weighted by Gasteiger charge is 1.84. The molecule has 1 radical (unpaired) electrons. The van der Waals surface area contributed by atoms with Crippen molar-refractivity contribution in [2.45, 2.75) is 38.5 Å². The lowest BCUT2D eigenvalue weighted by Gasteiger charge is -1.93. The smallest absolute Gasteiger partial charge is 0.0273 e. The lowest BCUT2D eigenvalue weighted by molar-refractivity contribution is 0.831. The molecule has 0 heteroatoms. The summed E-state index contributed by atoms with van der Waals surface area (Å²) in [7, 11) is 0. The summed E-state index contributed by atoms with van der Waals surface area (Å²) >= 11 is 0. The topological polar surface area (TPSA) is 0 Å². The summed E-state index contributed by atoms with van der Waals surface area (Å²) in [6.07, 6.45) is 21.5. The molecule has 0 heterocycles. The molecule has 0 aromatic heterocycles. The van der Waals surface area contributed by atoms with Crippen molar-refractivity contribution < 1.29 is 0 Å². The zero-order valence-corrected chi connectivity index (χ0v) is 7.63. The molecule has 0 atom stereocenters. The Morgan fingerprint density at radius 2 is 1.58 bits per heavy atom. The Morgan fingerprint density at radius 1 is 0.833 bits per heavy atom. The fraction of sp³-hybridized carbons (Fsp3) is 0.500. The zero-order chi connectivity index (χ0) is 8.49. The van der Waals surface area contributed by atoms with E-state index in [1.54, 1.807) is 0 Å². The standard InChI is InChI=1S/C12H17/c1-2-4-6-8-10-12-11-9-7-5-3-1/h1-3,10,12H,4,6-9,11H2/b2-1-,5-3?,12-10-. The molecule has 0 bridgehead atoms. The van der Waals surface area contributed by atoms with Crippen molar-refractivity contribution >= 4 is 0 Å². The van der Waals surface area contributed by atoms with Crippen LogP contribution in [-0.4, -0.2) is 0 Å². The Hall–Kier alpha value is -0.780. The summed E-state index contributed by atoms with van der Waals surface area (Å²) in [5.74, 6) is 0.